The van der Waals surface area contributed by atoms with E-state index in [9.17, 15) is 9.59 Å². The van der Waals surface area contributed by atoms with E-state index in [1.54, 1.807) is 13.2 Å². The number of hydrogen-bond acceptors (Lipinski definition) is 5. The monoisotopic (exact) mass is 358 g/mol. The number of anilines is 1. The minimum atomic E-state index is -0.317. The second kappa shape index (κ2) is 7.91. The standard InChI is InChI=1S/C17H18N4O3S/c1-24-9-8-21-16(22)13-6-3-2-5-12(13)14(20-21)11-18-17(23)19-15-7-4-10-25-15/h2-7,10H,8-9,11H2,1H3,(H2,18,19,23). The van der Waals surface area contributed by atoms with Gasteiger partial charge in [-0.15, -0.1) is 11.3 Å². The summed E-state index contributed by atoms with van der Waals surface area (Å²) in [6, 6.07) is 10.6. The van der Waals surface area contributed by atoms with Crippen molar-refractivity contribution in [1.82, 2.24) is 15.1 Å². The van der Waals surface area contributed by atoms with E-state index in [1.165, 1.54) is 16.0 Å². The summed E-state index contributed by atoms with van der Waals surface area (Å²) in [5.74, 6) is 0. The quantitative estimate of drug-likeness (QED) is 0.709. The topological polar surface area (TPSA) is 85.2 Å². The summed E-state index contributed by atoms with van der Waals surface area (Å²) in [6.45, 7) is 0.955. The van der Waals surface area contributed by atoms with Crippen molar-refractivity contribution in [2.24, 2.45) is 0 Å². The summed E-state index contributed by atoms with van der Waals surface area (Å²) >= 11 is 1.44. The number of ether oxygens (including phenoxy) is 1. The lowest BCUT2D eigenvalue weighted by Gasteiger charge is -2.11. The van der Waals surface area contributed by atoms with Crippen molar-refractivity contribution in [3.8, 4) is 0 Å². The molecule has 2 heterocycles. The number of urea groups is 1. The molecule has 0 saturated heterocycles. The molecule has 130 valence electrons. The summed E-state index contributed by atoms with van der Waals surface area (Å²) in [5, 5.41) is 13.9. The Balaban J connectivity index is 1.83. The van der Waals surface area contributed by atoms with Crippen LogP contribution in [0.1, 0.15) is 5.69 Å². The van der Waals surface area contributed by atoms with Gasteiger partial charge in [0.2, 0.25) is 0 Å². The molecule has 0 spiro atoms. The van der Waals surface area contributed by atoms with Crippen LogP contribution in [0.4, 0.5) is 9.80 Å². The van der Waals surface area contributed by atoms with Gasteiger partial charge in [-0.25, -0.2) is 9.48 Å². The number of nitrogens with one attached hydrogen (secondary N) is 2. The molecule has 0 saturated carbocycles. The van der Waals surface area contributed by atoms with Crippen molar-refractivity contribution in [1.29, 1.82) is 0 Å². The third-order valence-corrected chi connectivity index (χ3v) is 4.41. The van der Waals surface area contributed by atoms with E-state index in [0.717, 1.165) is 10.4 Å². The molecule has 1 aromatic carbocycles. The second-order valence-corrected chi connectivity index (χ2v) is 6.25. The second-order valence-electron chi connectivity index (χ2n) is 5.30. The van der Waals surface area contributed by atoms with Crippen LogP contribution < -0.4 is 16.2 Å². The van der Waals surface area contributed by atoms with Crippen LogP contribution in [-0.2, 0) is 17.8 Å². The number of aromatic nitrogens is 2. The Hall–Kier alpha value is -2.71. The summed E-state index contributed by atoms with van der Waals surface area (Å²) in [4.78, 5) is 24.5. The highest BCUT2D eigenvalue weighted by molar-refractivity contribution is 7.14. The van der Waals surface area contributed by atoms with Gasteiger partial charge in [0.25, 0.3) is 5.56 Å². The van der Waals surface area contributed by atoms with Crippen LogP contribution in [0.5, 0.6) is 0 Å². The largest absolute Gasteiger partial charge is 0.383 e. The van der Waals surface area contributed by atoms with E-state index in [4.69, 9.17) is 4.74 Å². The van der Waals surface area contributed by atoms with Crippen LogP contribution >= 0.6 is 11.3 Å². The molecule has 0 aliphatic rings. The molecular formula is C17H18N4O3S. The number of thiophene rings is 1. The van der Waals surface area contributed by atoms with Crippen molar-refractivity contribution in [3.05, 3.63) is 57.8 Å². The molecule has 8 heteroatoms. The minimum Gasteiger partial charge on any atom is -0.383 e. The van der Waals surface area contributed by atoms with Gasteiger partial charge in [0, 0.05) is 12.5 Å². The SMILES string of the molecule is COCCn1nc(CNC(=O)Nc2cccs2)c2ccccc2c1=O. The first kappa shape index (κ1) is 17.1. The molecule has 2 amide bonds. The van der Waals surface area contributed by atoms with Crippen LogP contribution in [0.3, 0.4) is 0 Å². The van der Waals surface area contributed by atoms with E-state index in [2.05, 4.69) is 15.7 Å². The lowest BCUT2D eigenvalue weighted by Crippen LogP contribution is -2.31. The summed E-state index contributed by atoms with van der Waals surface area (Å²) < 4.78 is 6.41. The number of methoxy groups -OCH3 is 1. The molecule has 0 aliphatic heterocycles. The zero-order valence-electron chi connectivity index (χ0n) is 13.7. The van der Waals surface area contributed by atoms with Crippen LogP contribution in [0.25, 0.3) is 10.8 Å². The Bertz CT molecular complexity index is 921. The Morgan fingerprint density at radius 2 is 2.04 bits per heavy atom. The number of carbonyl (C=O) groups is 1. The molecule has 2 aromatic heterocycles. The molecule has 0 fully saturated rings. The molecule has 25 heavy (non-hydrogen) atoms. The smallest absolute Gasteiger partial charge is 0.320 e. The highest BCUT2D eigenvalue weighted by atomic mass is 32.1. The van der Waals surface area contributed by atoms with Gasteiger partial charge in [-0.1, -0.05) is 18.2 Å². The van der Waals surface area contributed by atoms with E-state index in [-0.39, 0.29) is 18.1 Å². The van der Waals surface area contributed by atoms with Crippen LogP contribution in [0, 0.1) is 0 Å². The molecule has 3 rings (SSSR count). The van der Waals surface area contributed by atoms with Gasteiger partial charge < -0.3 is 10.1 Å². The number of rotatable bonds is 6. The maximum Gasteiger partial charge on any atom is 0.320 e. The maximum atomic E-state index is 12.5. The number of carbonyl (C=O) groups excluding carboxylic acids is 1. The molecule has 0 aliphatic carbocycles. The fraction of sp³-hybridized carbons (Fsp3) is 0.235. The lowest BCUT2D eigenvalue weighted by molar-refractivity contribution is 0.181. The lowest BCUT2D eigenvalue weighted by atomic mass is 10.1. The van der Waals surface area contributed by atoms with E-state index in [0.29, 0.717) is 24.2 Å². The molecule has 0 unspecified atom stereocenters. The van der Waals surface area contributed by atoms with Gasteiger partial charge in [-0.05, 0) is 23.6 Å². The molecule has 3 aromatic rings. The first-order chi connectivity index (χ1) is 12.2. The zero-order chi connectivity index (χ0) is 17.6. The Morgan fingerprint density at radius 1 is 1.24 bits per heavy atom. The predicted octanol–water partition coefficient (Wildman–Crippen LogP) is 2.43. The van der Waals surface area contributed by atoms with Gasteiger partial charge in [0.05, 0.1) is 35.8 Å². The Morgan fingerprint density at radius 3 is 2.76 bits per heavy atom. The average Bonchev–Trinajstić information content (AvgIpc) is 3.13. The maximum absolute atomic E-state index is 12.5. The molecule has 7 nitrogen and oxygen atoms in total. The van der Waals surface area contributed by atoms with Gasteiger partial charge in [-0.3, -0.25) is 10.1 Å². The fourth-order valence-electron chi connectivity index (χ4n) is 2.43. The van der Waals surface area contributed by atoms with Gasteiger partial charge >= 0.3 is 6.03 Å². The normalized spacial score (nSPS) is 10.8. The van der Waals surface area contributed by atoms with E-state index in [1.807, 2.05) is 35.7 Å². The van der Waals surface area contributed by atoms with Crippen molar-refractivity contribution < 1.29 is 9.53 Å². The van der Waals surface area contributed by atoms with Crippen molar-refractivity contribution in [3.63, 3.8) is 0 Å². The van der Waals surface area contributed by atoms with E-state index < -0.39 is 0 Å². The Kier molecular flexibility index (Phi) is 5.42. The number of fused-ring (bicyclic) bond motifs is 1. The highest BCUT2D eigenvalue weighted by Crippen LogP contribution is 2.15. The van der Waals surface area contributed by atoms with E-state index >= 15 is 0 Å². The fourth-order valence-corrected chi connectivity index (χ4v) is 3.05. The van der Waals surface area contributed by atoms with Crippen molar-refractivity contribution in [2.75, 3.05) is 19.0 Å². The van der Waals surface area contributed by atoms with Gasteiger partial charge in [-0.2, -0.15) is 5.10 Å². The summed E-state index contributed by atoms with van der Waals surface area (Å²) in [6.07, 6.45) is 0. The first-order valence-electron chi connectivity index (χ1n) is 7.75. The number of amides is 2. The summed E-state index contributed by atoms with van der Waals surface area (Å²) in [5.41, 5.74) is 0.465. The van der Waals surface area contributed by atoms with Gasteiger partial charge in [0.15, 0.2) is 0 Å². The minimum absolute atomic E-state index is 0.167. The Labute approximate surface area is 148 Å². The zero-order valence-corrected chi connectivity index (χ0v) is 14.5. The van der Waals surface area contributed by atoms with Crippen molar-refractivity contribution >= 4 is 33.1 Å². The molecule has 0 radical (unpaired) electrons. The molecule has 2 N–H and O–H groups in total. The third kappa shape index (κ3) is 4.04. The first-order valence-corrected chi connectivity index (χ1v) is 8.63. The predicted molar refractivity (Wildman–Crippen MR) is 98.1 cm³/mol. The number of nitrogens with zero attached hydrogens (tertiary/aromatic N) is 2. The van der Waals surface area contributed by atoms with Crippen LogP contribution in [0.15, 0.2) is 46.6 Å². The number of hydrogen-bond donors (Lipinski definition) is 2. The molecule has 0 bridgehead atoms. The van der Waals surface area contributed by atoms with Crippen LogP contribution in [-0.4, -0.2) is 29.5 Å². The highest BCUT2D eigenvalue weighted by Gasteiger charge is 2.11. The number of benzene rings is 1. The molecule has 0 atom stereocenters. The summed E-state index contributed by atoms with van der Waals surface area (Å²) in [7, 11) is 1.57. The van der Waals surface area contributed by atoms with Crippen molar-refractivity contribution in [2.45, 2.75) is 13.1 Å². The van der Waals surface area contributed by atoms with Crippen LogP contribution in [0.2, 0.25) is 0 Å². The third-order valence-electron chi connectivity index (χ3n) is 3.63. The van der Waals surface area contributed by atoms with Gasteiger partial charge in [0.1, 0.15) is 0 Å². The average molecular weight is 358 g/mol. The molecular weight excluding hydrogens is 340 g/mol.